The van der Waals surface area contributed by atoms with Crippen molar-refractivity contribution in [1.82, 2.24) is 9.88 Å². The number of nitrogens with zero attached hydrogens (tertiary/aromatic N) is 3. The van der Waals surface area contributed by atoms with E-state index in [0.29, 0.717) is 62.1 Å². The number of halogens is 4. The van der Waals surface area contributed by atoms with Crippen LogP contribution >= 0.6 is 0 Å². The minimum Gasteiger partial charge on any atom is -0.473 e. The van der Waals surface area contributed by atoms with Crippen LogP contribution in [-0.4, -0.2) is 80.8 Å². The number of aryl methyl sites for hydroxylation is 1. The number of anilines is 2. The molecule has 3 fully saturated rings. The van der Waals surface area contributed by atoms with E-state index in [1.807, 2.05) is 6.07 Å². The summed E-state index contributed by atoms with van der Waals surface area (Å²) in [7, 11) is 0. The molecule has 3 aliphatic rings. The molecule has 3 saturated heterocycles. The molecule has 1 N–H and O–H groups in total. The molecular weight excluding hydrogens is 520 g/mol. The van der Waals surface area contributed by atoms with Gasteiger partial charge in [0.1, 0.15) is 17.6 Å². The van der Waals surface area contributed by atoms with Crippen LogP contribution in [0.1, 0.15) is 24.8 Å². The Hall–Kier alpha value is -3.12. The highest BCUT2D eigenvalue weighted by molar-refractivity contribution is 5.91. The van der Waals surface area contributed by atoms with Gasteiger partial charge in [-0.2, -0.15) is 13.2 Å². The normalized spacial score (nSPS) is 20.8. The van der Waals surface area contributed by atoms with E-state index in [0.717, 1.165) is 23.4 Å². The number of carbonyl (C=O) groups is 1. The van der Waals surface area contributed by atoms with Crippen molar-refractivity contribution < 1.29 is 36.6 Å². The topological polar surface area (TPSA) is 76.2 Å². The highest BCUT2D eigenvalue weighted by atomic mass is 19.4. The number of rotatable bonds is 5. The van der Waals surface area contributed by atoms with Crippen LogP contribution in [0.5, 0.6) is 5.88 Å². The van der Waals surface area contributed by atoms with E-state index in [1.165, 1.54) is 12.1 Å². The van der Waals surface area contributed by atoms with Gasteiger partial charge in [0.25, 0.3) is 0 Å². The van der Waals surface area contributed by atoms with Gasteiger partial charge in [-0.1, -0.05) is 0 Å². The van der Waals surface area contributed by atoms with Crippen LogP contribution in [0.15, 0.2) is 24.4 Å². The molecule has 0 aliphatic carbocycles. The van der Waals surface area contributed by atoms with Crippen molar-refractivity contribution in [2.24, 2.45) is 5.92 Å². The summed E-state index contributed by atoms with van der Waals surface area (Å²) in [5.74, 6) is -1.74. The third-order valence-corrected chi connectivity index (χ3v) is 7.44. The number of pyridine rings is 1. The molecule has 0 unspecified atom stereocenters. The minimum atomic E-state index is -4.37. The van der Waals surface area contributed by atoms with Gasteiger partial charge in [0.05, 0.1) is 38.0 Å². The molecule has 5 rings (SSSR count). The number of amides is 2. The smallest absolute Gasteiger partial charge is 0.393 e. The number of carbonyl (C=O) groups excluding carboxylic acids is 1. The molecule has 1 aromatic heterocycles. The highest BCUT2D eigenvalue weighted by Crippen LogP contribution is 2.37. The Morgan fingerprint density at radius 1 is 1.05 bits per heavy atom. The lowest BCUT2D eigenvalue weighted by Crippen LogP contribution is -2.37. The van der Waals surface area contributed by atoms with Crippen LogP contribution in [0.3, 0.4) is 0 Å². The summed E-state index contributed by atoms with van der Waals surface area (Å²) < 4.78 is 71.2. The first-order valence-corrected chi connectivity index (χ1v) is 13.2. The fourth-order valence-corrected chi connectivity index (χ4v) is 5.15. The predicted octanol–water partition coefficient (Wildman–Crippen LogP) is 5.01. The van der Waals surface area contributed by atoms with E-state index in [2.05, 4.69) is 15.2 Å². The van der Waals surface area contributed by atoms with E-state index >= 15 is 0 Å². The number of aromatic nitrogens is 1. The lowest BCUT2D eigenvalue weighted by molar-refractivity contribution is -0.169. The molecule has 39 heavy (non-hydrogen) atoms. The molecule has 4 heterocycles. The first-order valence-electron chi connectivity index (χ1n) is 13.2. The summed E-state index contributed by atoms with van der Waals surface area (Å²) in [4.78, 5) is 20.5. The Kier molecular flexibility index (Phi) is 8.13. The Morgan fingerprint density at radius 2 is 1.77 bits per heavy atom. The molecular formula is C27H32F4N4O4. The average molecular weight is 553 g/mol. The van der Waals surface area contributed by atoms with Crippen LogP contribution in [0.2, 0.25) is 0 Å². The molecule has 3 aliphatic heterocycles. The largest absolute Gasteiger partial charge is 0.473 e. The van der Waals surface area contributed by atoms with Crippen molar-refractivity contribution in [3.63, 3.8) is 0 Å². The van der Waals surface area contributed by atoms with Crippen molar-refractivity contribution >= 4 is 17.4 Å². The number of alkyl halides is 3. The van der Waals surface area contributed by atoms with Crippen molar-refractivity contribution in [3.05, 3.63) is 35.8 Å². The highest BCUT2D eigenvalue weighted by Gasteiger charge is 2.44. The van der Waals surface area contributed by atoms with Gasteiger partial charge in [-0.25, -0.2) is 14.2 Å². The monoisotopic (exact) mass is 552 g/mol. The molecule has 8 nitrogen and oxygen atoms in total. The van der Waals surface area contributed by atoms with Gasteiger partial charge in [-0.3, -0.25) is 0 Å². The third kappa shape index (κ3) is 6.38. The van der Waals surface area contributed by atoms with E-state index in [-0.39, 0.29) is 24.8 Å². The SMILES string of the molecule is Cc1cc(F)c(NC(=O)N2CC[C@H](C(F)(F)F)C2)cc1-c1cnc(OC2CCOCC2)c(N2CCOCC2)c1. The maximum atomic E-state index is 14.9. The molecule has 1 aromatic carbocycles. The number of urea groups is 1. The van der Waals surface area contributed by atoms with Gasteiger partial charge >= 0.3 is 12.2 Å². The maximum absolute atomic E-state index is 14.9. The second kappa shape index (κ2) is 11.5. The molecule has 12 heteroatoms. The Labute approximate surface area is 224 Å². The van der Waals surface area contributed by atoms with Crippen LogP contribution < -0.4 is 15.0 Å². The second-order valence-corrected chi connectivity index (χ2v) is 10.1. The summed E-state index contributed by atoms with van der Waals surface area (Å²) in [6, 6.07) is 3.98. The van der Waals surface area contributed by atoms with Crippen LogP contribution in [-0.2, 0) is 9.47 Å². The molecule has 0 bridgehead atoms. The first kappa shape index (κ1) is 27.4. The van der Waals surface area contributed by atoms with E-state index in [1.54, 1.807) is 13.1 Å². The zero-order valence-electron chi connectivity index (χ0n) is 21.7. The summed E-state index contributed by atoms with van der Waals surface area (Å²) in [6.07, 6.45) is -1.35. The zero-order valence-corrected chi connectivity index (χ0v) is 21.7. The third-order valence-electron chi connectivity index (χ3n) is 7.44. The fraction of sp³-hybridized carbons (Fsp3) is 0.556. The van der Waals surface area contributed by atoms with Crippen molar-refractivity contribution in [2.45, 2.75) is 38.5 Å². The summed E-state index contributed by atoms with van der Waals surface area (Å²) in [5, 5.41) is 2.47. The van der Waals surface area contributed by atoms with E-state index in [9.17, 15) is 22.4 Å². The number of hydrogen-bond donors (Lipinski definition) is 1. The number of hydrogen-bond acceptors (Lipinski definition) is 6. The van der Waals surface area contributed by atoms with E-state index < -0.39 is 30.5 Å². The molecule has 2 amide bonds. The molecule has 0 spiro atoms. The zero-order chi connectivity index (χ0) is 27.6. The standard InChI is InChI=1S/C27H32F4N4O4/c1-17-12-22(28)23(33-26(36)35-5-2-19(16-35)27(29,30)31)14-21(17)18-13-24(34-6-10-38-11-7-34)25(32-15-18)39-20-3-8-37-9-4-20/h12-15,19-20H,2-11,16H2,1H3,(H,33,36)/t19-/m0/s1. The van der Waals surface area contributed by atoms with Gasteiger partial charge in [0, 0.05) is 50.8 Å². The van der Waals surface area contributed by atoms with Gasteiger partial charge in [0.15, 0.2) is 0 Å². The Morgan fingerprint density at radius 3 is 2.46 bits per heavy atom. The summed E-state index contributed by atoms with van der Waals surface area (Å²) >= 11 is 0. The number of likely N-dealkylation sites (tertiary alicyclic amines) is 1. The molecule has 2 aromatic rings. The van der Waals surface area contributed by atoms with E-state index in [4.69, 9.17) is 14.2 Å². The first-order chi connectivity index (χ1) is 18.7. The second-order valence-electron chi connectivity index (χ2n) is 10.1. The minimum absolute atomic E-state index is 0.00575. The number of nitrogens with one attached hydrogen (secondary N) is 1. The lowest BCUT2D eigenvalue weighted by Gasteiger charge is -2.31. The number of benzene rings is 1. The van der Waals surface area contributed by atoms with Crippen molar-refractivity contribution in [2.75, 3.05) is 62.8 Å². The number of morpholine rings is 1. The molecule has 1 atom stereocenters. The van der Waals surface area contributed by atoms with Crippen molar-refractivity contribution in [3.8, 4) is 17.0 Å². The van der Waals surface area contributed by atoms with Crippen LogP contribution in [0.25, 0.3) is 11.1 Å². The lowest BCUT2D eigenvalue weighted by atomic mass is 10.00. The number of ether oxygens (including phenoxy) is 3. The van der Waals surface area contributed by atoms with Crippen LogP contribution in [0, 0.1) is 18.7 Å². The van der Waals surface area contributed by atoms with Gasteiger partial charge < -0.3 is 29.3 Å². The molecule has 212 valence electrons. The van der Waals surface area contributed by atoms with Crippen LogP contribution in [0.4, 0.5) is 33.7 Å². The Bertz CT molecular complexity index is 1180. The summed E-state index contributed by atoms with van der Waals surface area (Å²) in [6.45, 7) is 4.98. The summed E-state index contributed by atoms with van der Waals surface area (Å²) in [5.41, 5.74) is 2.65. The fourth-order valence-electron chi connectivity index (χ4n) is 5.15. The van der Waals surface area contributed by atoms with Crippen molar-refractivity contribution in [1.29, 1.82) is 0 Å². The molecule has 0 saturated carbocycles. The van der Waals surface area contributed by atoms with Gasteiger partial charge in [-0.05, 0) is 42.7 Å². The van der Waals surface area contributed by atoms with Gasteiger partial charge in [0.2, 0.25) is 5.88 Å². The molecule has 0 radical (unpaired) electrons. The Balaban J connectivity index is 1.40. The maximum Gasteiger partial charge on any atom is 0.393 e. The quantitative estimate of drug-likeness (QED) is 0.526. The van der Waals surface area contributed by atoms with Gasteiger partial charge in [-0.15, -0.1) is 0 Å². The average Bonchev–Trinajstić information content (AvgIpc) is 3.43. The predicted molar refractivity (Wildman–Crippen MR) is 137 cm³/mol.